The van der Waals surface area contributed by atoms with Gasteiger partial charge in [0.25, 0.3) is 11.5 Å². The monoisotopic (exact) mass is 656 g/mol. The van der Waals surface area contributed by atoms with Gasteiger partial charge >= 0.3 is 5.69 Å². The minimum atomic E-state index is -0.914. The van der Waals surface area contributed by atoms with E-state index in [-0.39, 0.29) is 45.3 Å². The molecule has 4 aromatic rings. The van der Waals surface area contributed by atoms with Gasteiger partial charge in [-0.15, -0.1) is 0 Å². The lowest BCUT2D eigenvalue weighted by Gasteiger charge is -2.61. The average Bonchev–Trinajstić information content (AvgIpc) is 3.45. The topological polar surface area (TPSA) is 119 Å². The molecule has 4 heterocycles. The molecule has 11 nitrogen and oxygen atoms in total. The van der Waals surface area contributed by atoms with Crippen molar-refractivity contribution in [1.29, 1.82) is 0 Å². The van der Waals surface area contributed by atoms with Crippen LogP contribution in [-0.4, -0.2) is 69.0 Å². The summed E-state index contributed by atoms with van der Waals surface area (Å²) in [5, 5.41) is 2.39. The molecule has 0 bridgehead atoms. The third-order valence-electron chi connectivity index (χ3n) is 9.84. The van der Waals surface area contributed by atoms with Crippen LogP contribution < -0.4 is 21.3 Å². The van der Waals surface area contributed by atoms with Gasteiger partial charge in [-0.2, -0.15) is 0 Å². The zero-order chi connectivity index (χ0) is 34.1. The summed E-state index contributed by atoms with van der Waals surface area (Å²) in [6, 6.07) is 10.8. The Balaban J connectivity index is 1.16. The number of hydrogen-bond donors (Lipinski definition) is 1. The number of likely N-dealkylation sites (tertiary alicyclic amines) is 2. The zero-order valence-electron chi connectivity index (χ0n) is 27.0. The first-order chi connectivity index (χ1) is 22.9. The molecule has 2 aromatic carbocycles. The number of rotatable bonds is 6. The molecule has 2 aromatic heterocycles. The number of aryl methyl sites for hydroxylation is 2. The molecule has 2 fully saturated rings. The Morgan fingerprint density at radius 1 is 0.979 bits per heavy atom. The molecule has 7 rings (SSSR count). The number of hydrogen-bond acceptors (Lipinski definition) is 7. The van der Waals surface area contributed by atoms with Crippen molar-refractivity contribution in [2.45, 2.75) is 25.8 Å². The van der Waals surface area contributed by atoms with Crippen molar-refractivity contribution in [3.05, 3.63) is 97.8 Å². The van der Waals surface area contributed by atoms with Crippen molar-refractivity contribution >= 4 is 17.5 Å². The second kappa shape index (κ2) is 11.5. The minimum absolute atomic E-state index is 0.0377. The highest BCUT2D eigenvalue weighted by molar-refractivity contribution is 6.04. The number of amides is 2. The summed E-state index contributed by atoms with van der Waals surface area (Å²) < 4.78 is 39.8. The number of carbonyl (C=O) groups excluding carboxylic acids is 2. The highest BCUT2D eigenvalue weighted by Gasteiger charge is 2.55. The van der Waals surface area contributed by atoms with Crippen LogP contribution in [0.3, 0.4) is 0 Å². The van der Waals surface area contributed by atoms with Crippen molar-refractivity contribution in [2.24, 2.45) is 19.5 Å². The van der Waals surface area contributed by atoms with Gasteiger partial charge in [0.2, 0.25) is 11.8 Å². The molecule has 3 aliphatic rings. The number of halogens is 2. The number of nitrogens with zero attached hydrogens (tertiary/aromatic N) is 5. The van der Waals surface area contributed by atoms with E-state index >= 15 is 8.78 Å². The highest BCUT2D eigenvalue weighted by atomic mass is 19.1. The third kappa shape index (κ3) is 5.00. The standard InChI is InChI=1S/C35H34F2N6O5/c1-19(44)42-15-35(16-42)17-43(18-35)27-12-11-20-13-26(39-32(48-4)28(20)27)23-9-5-7-21(29(23)36)22-8-6-10-25(30(22)37)38-31(45)24-14-40(2)34(47)41(3)33(24)46/h5-10,13-14,27H,11-12,15-18H2,1-4H3,(H,38,45). The number of anilines is 1. The van der Waals surface area contributed by atoms with Crippen LogP contribution in [0.1, 0.15) is 40.9 Å². The largest absolute Gasteiger partial charge is 0.481 e. The van der Waals surface area contributed by atoms with E-state index in [1.165, 1.54) is 38.4 Å². The molecule has 48 heavy (non-hydrogen) atoms. The maximum atomic E-state index is 16.3. The maximum Gasteiger partial charge on any atom is 0.330 e. The molecule has 1 unspecified atom stereocenters. The van der Waals surface area contributed by atoms with Gasteiger partial charge in [-0.1, -0.05) is 24.3 Å². The molecule has 248 valence electrons. The smallest absolute Gasteiger partial charge is 0.330 e. The molecule has 1 aliphatic carbocycles. The van der Waals surface area contributed by atoms with E-state index in [9.17, 15) is 19.2 Å². The summed E-state index contributed by atoms with van der Waals surface area (Å²) in [7, 11) is 4.17. The molecule has 2 amide bonds. The molecule has 1 atom stereocenters. The molecule has 2 saturated heterocycles. The average molecular weight is 657 g/mol. The van der Waals surface area contributed by atoms with Gasteiger partial charge in [-0.3, -0.25) is 23.9 Å². The van der Waals surface area contributed by atoms with E-state index < -0.39 is 28.8 Å². The number of ether oxygens (including phenoxy) is 1. The lowest BCUT2D eigenvalue weighted by atomic mass is 9.72. The van der Waals surface area contributed by atoms with E-state index in [1.807, 2.05) is 11.0 Å². The van der Waals surface area contributed by atoms with Gasteiger partial charge < -0.3 is 19.5 Å². The Hall–Kier alpha value is -5.17. The van der Waals surface area contributed by atoms with Gasteiger partial charge in [-0.05, 0) is 36.6 Å². The molecule has 0 saturated carbocycles. The molecule has 1 N–H and O–H groups in total. The first-order valence-electron chi connectivity index (χ1n) is 15.6. The number of methoxy groups -OCH3 is 1. The number of benzene rings is 2. The van der Waals surface area contributed by atoms with E-state index in [2.05, 4.69) is 10.2 Å². The van der Waals surface area contributed by atoms with E-state index in [1.54, 1.807) is 26.2 Å². The Morgan fingerprint density at radius 3 is 2.33 bits per heavy atom. The van der Waals surface area contributed by atoms with Crippen LogP contribution in [-0.2, 0) is 25.3 Å². The SMILES string of the molecule is COc1nc(-c2cccc(-c3cccc(NC(=O)c4cn(C)c(=O)n(C)c4=O)c3F)c2F)cc2c1C(N1CC3(CN(C(C)=O)C3)C1)CC2. The van der Waals surface area contributed by atoms with Crippen LogP contribution in [0.4, 0.5) is 14.5 Å². The van der Waals surface area contributed by atoms with Crippen molar-refractivity contribution in [2.75, 3.05) is 38.6 Å². The fourth-order valence-corrected chi connectivity index (χ4v) is 7.39. The molecular weight excluding hydrogens is 622 g/mol. The maximum absolute atomic E-state index is 16.3. The Bertz CT molecular complexity index is 2130. The van der Waals surface area contributed by atoms with E-state index in [0.29, 0.717) is 11.6 Å². The number of aromatic nitrogens is 3. The minimum Gasteiger partial charge on any atom is -0.481 e. The van der Waals surface area contributed by atoms with Crippen LogP contribution >= 0.6 is 0 Å². The lowest BCUT2D eigenvalue weighted by Crippen LogP contribution is -2.72. The van der Waals surface area contributed by atoms with E-state index in [0.717, 1.165) is 65.5 Å². The summed E-state index contributed by atoms with van der Waals surface area (Å²) in [5.41, 5.74) is 0.511. The first-order valence-corrected chi connectivity index (χ1v) is 15.6. The molecular formula is C35H34F2N6O5. The fourth-order valence-electron chi connectivity index (χ4n) is 7.39. The fraction of sp³-hybridized carbons (Fsp3) is 0.343. The third-order valence-corrected chi connectivity index (χ3v) is 9.84. The Morgan fingerprint density at radius 2 is 1.65 bits per heavy atom. The predicted molar refractivity (Wildman–Crippen MR) is 174 cm³/mol. The van der Waals surface area contributed by atoms with Gasteiger partial charge in [-0.25, -0.2) is 18.6 Å². The van der Waals surface area contributed by atoms with Crippen LogP contribution in [0.25, 0.3) is 22.4 Å². The summed E-state index contributed by atoms with van der Waals surface area (Å²) >= 11 is 0. The zero-order valence-corrected chi connectivity index (χ0v) is 27.0. The van der Waals surface area contributed by atoms with Crippen molar-refractivity contribution < 1.29 is 23.1 Å². The van der Waals surface area contributed by atoms with Gasteiger partial charge in [0.15, 0.2) is 5.82 Å². The molecule has 13 heteroatoms. The summed E-state index contributed by atoms with van der Waals surface area (Å²) in [4.78, 5) is 58.2. The van der Waals surface area contributed by atoms with Gasteiger partial charge in [0, 0.05) is 87.1 Å². The molecule has 2 aliphatic heterocycles. The predicted octanol–water partition coefficient (Wildman–Crippen LogP) is 3.50. The van der Waals surface area contributed by atoms with Crippen molar-refractivity contribution in [1.82, 2.24) is 23.9 Å². The highest BCUT2D eigenvalue weighted by Crippen LogP contribution is 2.50. The number of fused-ring (bicyclic) bond motifs is 1. The summed E-state index contributed by atoms with van der Waals surface area (Å²) in [6.07, 6.45) is 2.73. The van der Waals surface area contributed by atoms with Gasteiger partial charge in [0.1, 0.15) is 11.4 Å². The Kier molecular flexibility index (Phi) is 7.54. The quantitative estimate of drug-likeness (QED) is 0.338. The van der Waals surface area contributed by atoms with Crippen molar-refractivity contribution in [3.8, 4) is 28.3 Å². The Labute approximate surface area is 274 Å². The lowest BCUT2D eigenvalue weighted by molar-refractivity contribution is -0.161. The number of pyridine rings is 1. The second-order valence-electron chi connectivity index (χ2n) is 13.0. The van der Waals surface area contributed by atoms with Crippen LogP contribution in [0.15, 0.2) is 58.3 Å². The van der Waals surface area contributed by atoms with Crippen LogP contribution in [0.2, 0.25) is 0 Å². The normalized spacial score (nSPS) is 17.9. The van der Waals surface area contributed by atoms with Crippen molar-refractivity contribution in [3.63, 3.8) is 0 Å². The van der Waals surface area contributed by atoms with Crippen LogP contribution in [0.5, 0.6) is 5.88 Å². The first kappa shape index (κ1) is 31.4. The van der Waals surface area contributed by atoms with Crippen LogP contribution in [0, 0.1) is 17.0 Å². The second-order valence-corrected chi connectivity index (χ2v) is 13.0. The van der Waals surface area contributed by atoms with Gasteiger partial charge in [0.05, 0.1) is 18.5 Å². The number of nitrogens with one attached hydrogen (secondary N) is 1. The number of carbonyl (C=O) groups is 2. The molecule has 1 spiro atoms. The van der Waals surface area contributed by atoms with E-state index in [4.69, 9.17) is 9.72 Å². The summed E-state index contributed by atoms with van der Waals surface area (Å²) in [6.45, 7) is 4.96. The summed E-state index contributed by atoms with van der Waals surface area (Å²) in [5.74, 6) is -1.97. The molecule has 0 radical (unpaired) electrons.